The first-order valence-corrected chi connectivity index (χ1v) is 6.87. The Kier molecular flexibility index (Phi) is 2.99. The molecule has 0 aliphatic rings. The molecule has 18 heavy (non-hydrogen) atoms. The van der Waals surface area contributed by atoms with Crippen LogP contribution in [-0.4, -0.2) is 0 Å². The molecule has 0 bridgehead atoms. The number of thiophene rings is 1. The monoisotopic (exact) mass is 250 g/mol. The maximum absolute atomic E-state index is 2.28. The van der Waals surface area contributed by atoms with Crippen molar-refractivity contribution in [3.63, 3.8) is 0 Å². The van der Waals surface area contributed by atoms with E-state index in [0.717, 1.165) is 0 Å². The van der Waals surface area contributed by atoms with Gasteiger partial charge >= 0.3 is 0 Å². The van der Waals surface area contributed by atoms with Crippen LogP contribution in [0.4, 0.5) is 0 Å². The summed E-state index contributed by atoms with van der Waals surface area (Å²) in [7, 11) is 0. The van der Waals surface area contributed by atoms with Crippen molar-refractivity contribution in [1.82, 2.24) is 0 Å². The van der Waals surface area contributed by atoms with E-state index in [2.05, 4.69) is 73.7 Å². The lowest BCUT2D eigenvalue weighted by Crippen LogP contribution is -1.72. The minimum absolute atomic E-state index is 1.30. The maximum atomic E-state index is 2.28. The van der Waals surface area contributed by atoms with Crippen molar-refractivity contribution in [1.29, 1.82) is 0 Å². The summed E-state index contributed by atoms with van der Waals surface area (Å²) >= 11 is 1.87. The van der Waals surface area contributed by atoms with Crippen LogP contribution < -0.4 is 0 Å². The van der Waals surface area contributed by atoms with Crippen LogP contribution in [0.5, 0.6) is 0 Å². The molecule has 1 heteroatoms. The molecule has 0 radical (unpaired) electrons. The predicted molar refractivity (Wildman–Crippen MR) is 79.9 cm³/mol. The minimum Gasteiger partial charge on any atom is -0.135 e. The first-order chi connectivity index (χ1) is 8.84. The zero-order valence-electron chi connectivity index (χ0n) is 10.3. The summed E-state index contributed by atoms with van der Waals surface area (Å²) in [5.41, 5.74) is 3.96. The SMILES string of the molecule is Cc1cc(-c2ccccc2)sc1-c1ccccc1. The smallest absolute Gasteiger partial charge is 0.0378 e. The van der Waals surface area contributed by atoms with Crippen molar-refractivity contribution >= 4 is 11.3 Å². The molecule has 88 valence electrons. The molecule has 0 saturated carbocycles. The fraction of sp³-hybridized carbons (Fsp3) is 0.0588. The average molecular weight is 250 g/mol. The highest BCUT2D eigenvalue weighted by molar-refractivity contribution is 7.19. The van der Waals surface area contributed by atoms with Crippen LogP contribution in [0.25, 0.3) is 20.9 Å². The molecular weight excluding hydrogens is 236 g/mol. The predicted octanol–water partition coefficient (Wildman–Crippen LogP) is 5.39. The number of hydrogen-bond acceptors (Lipinski definition) is 1. The van der Waals surface area contributed by atoms with E-state index >= 15 is 0 Å². The van der Waals surface area contributed by atoms with Crippen molar-refractivity contribution in [3.05, 3.63) is 72.3 Å². The third-order valence-corrected chi connectivity index (χ3v) is 4.35. The lowest BCUT2D eigenvalue weighted by atomic mass is 10.1. The van der Waals surface area contributed by atoms with Crippen LogP contribution in [0.1, 0.15) is 5.56 Å². The Morgan fingerprint density at radius 1 is 0.722 bits per heavy atom. The van der Waals surface area contributed by atoms with E-state index < -0.39 is 0 Å². The molecule has 0 fully saturated rings. The van der Waals surface area contributed by atoms with E-state index in [-0.39, 0.29) is 0 Å². The molecule has 1 heterocycles. The third kappa shape index (κ3) is 2.09. The molecule has 0 nitrogen and oxygen atoms in total. The van der Waals surface area contributed by atoms with E-state index in [9.17, 15) is 0 Å². The van der Waals surface area contributed by atoms with Gasteiger partial charge in [0, 0.05) is 9.75 Å². The second kappa shape index (κ2) is 4.79. The molecule has 0 unspecified atom stereocenters. The van der Waals surface area contributed by atoms with Crippen molar-refractivity contribution in [2.45, 2.75) is 6.92 Å². The van der Waals surface area contributed by atoms with E-state index in [4.69, 9.17) is 0 Å². The van der Waals surface area contributed by atoms with E-state index in [1.165, 1.54) is 26.4 Å². The highest BCUT2D eigenvalue weighted by Gasteiger charge is 2.08. The van der Waals surface area contributed by atoms with Crippen LogP contribution in [0.3, 0.4) is 0 Å². The number of hydrogen-bond donors (Lipinski definition) is 0. The van der Waals surface area contributed by atoms with Gasteiger partial charge in [-0.05, 0) is 29.7 Å². The van der Waals surface area contributed by atoms with Gasteiger partial charge in [0.15, 0.2) is 0 Å². The summed E-state index contributed by atoms with van der Waals surface area (Å²) in [6.45, 7) is 2.19. The Balaban J connectivity index is 2.07. The molecule has 0 aliphatic heterocycles. The largest absolute Gasteiger partial charge is 0.135 e. The zero-order valence-corrected chi connectivity index (χ0v) is 11.1. The van der Waals surface area contributed by atoms with Crippen LogP contribution >= 0.6 is 11.3 Å². The molecule has 0 saturated heterocycles. The van der Waals surface area contributed by atoms with E-state index in [1.807, 2.05) is 11.3 Å². The second-order valence-electron chi connectivity index (χ2n) is 4.35. The quantitative estimate of drug-likeness (QED) is 0.572. The topological polar surface area (TPSA) is 0 Å². The van der Waals surface area contributed by atoms with Crippen LogP contribution in [0.2, 0.25) is 0 Å². The molecular formula is C17H14S. The molecule has 0 atom stereocenters. The summed E-state index contributed by atoms with van der Waals surface area (Å²) in [6, 6.07) is 23.4. The summed E-state index contributed by atoms with van der Waals surface area (Å²) < 4.78 is 0. The Hall–Kier alpha value is -1.86. The molecule has 3 aromatic rings. The van der Waals surface area contributed by atoms with Crippen molar-refractivity contribution in [2.24, 2.45) is 0 Å². The summed E-state index contributed by atoms with van der Waals surface area (Å²) in [4.78, 5) is 2.71. The van der Waals surface area contributed by atoms with Crippen LogP contribution in [0.15, 0.2) is 66.7 Å². The molecule has 0 amide bonds. The highest BCUT2D eigenvalue weighted by atomic mass is 32.1. The van der Waals surface area contributed by atoms with Gasteiger partial charge in [0.1, 0.15) is 0 Å². The van der Waals surface area contributed by atoms with Gasteiger partial charge in [-0.1, -0.05) is 60.7 Å². The van der Waals surface area contributed by atoms with Gasteiger partial charge in [-0.15, -0.1) is 11.3 Å². The van der Waals surface area contributed by atoms with Crippen molar-refractivity contribution in [3.8, 4) is 20.9 Å². The van der Waals surface area contributed by atoms with E-state index in [0.29, 0.717) is 0 Å². The Morgan fingerprint density at radius 2 is 1.28 bits per heavy atom. The van der Waals surface area contributed by atoms with Crippen molar-refractivity contribution in [2.75, 3.05) is 0 Å². The maximum Gasteiger partial charge on any atom is 0.0378 e. The average Bonchev–Trinajstić information content (AvgIpc) is 2.83. The number of aryl methyl sites for hydroxylation is 1. The normalized spacial score (nSPS) is 10.5. The van der Waals surface area contributed by atoms with Gasteiger partial charge in [0.2, 0.25) is 0 Å². The minimum atomic E-state index is 1.30. The Morgan fingerprint density at radius 3 is 1.89 bits per heavy atom. The second-order valence-corrected chi connectivity index (χ2v) is 5.41. The van der Waals surface area contributed by atoms with Crippen molar-refractivity contribution < 1.29 is 0 Å². The summed E-state index contributed by atoms with van der Waals surface area (Å²) in [5, 5.41) is 0. The van der Waals surface area contributed by atoms with Gasteiger partial charge in [-0.2, -0.15) is 0 Å². The number of rotatable bonds is 2. The van der Waals surface area contributed by atoms with Crippen LogP contribution in [-0.2, 0) is 0 Å². The van der Waals surface area contributed by atoms with Gasteiger partial charge in [-0.25, -0.2) is 0 Å². The fourth-order valence-corrected chi connectivity index (χ4v) is 3.29. The number of benzene rings is 2. The first-order valence-electron chi connectivity index (χ1n) is 6.06. The Bertz CT molecular complexity index is 636. The van der Waals surface area contributed by atoms with E-state index in [1.54, 1.807) is 0 Å². The molecule has 2 aromatic carbocycles. The first kappa shape index (κ1) is 11.2. The zero-order chi connectivity index (χ0) is 12.4. The molecule has 3 rings (SSSR count). The third-order valence-electron chi connectivity index (χ3n) is 3.01. The highest BCUT2D eigenvalue weighted by Crippen LogP contribution is 2.37. The Labute approximate surface area is 112 Å². The lowest BCUT2D eigenvalue weighted by Gasteiger charge is -1.98. The fourth-order valence-electron chi connectivity index (χ4n) is 2.10. The lowest BCUT2D eigenvalue weighted by molar-refractivity contribution is 1.53. The summed E-state index contributed by atoms with van der Waals surface area (Å²) in [5.74, 6) is 0. The molecule has 0 N–H and O–H groups in total. The molecule has 0 spiro atoms. The summed E-state index contributed by atoms with van der Waals surface area (Å²) in [6.07, 6.45) is 0. The van der Waals surface area contributed by atoms with Gasteiger partial charge in [-0.3, -0.25) is 0 Å². The van der Waals surface area contributed by atoms with Crippen LogP contribution in [0, 0.1) is 6.92 Å². The van der Waals surface area contributed by atoms with Gasteiger partial charge in [0.25, 0.3) is 0 Å². The molecule has 0 aliphatic carbocycles. The standard InChI is InChI=1S/C17H14S/c1-13-12-16(14-8-4-2-5-9-14)18-17(13)15-10-6-3-7-11-15/h2-12H,1H3. The molecule has 1 aromatic heterocycles. The van der Waals surface area contributed by atoms with Gasteiger partial charge in [0.05, 0.1) is 0 Å². The van der Waals surface area contributed by atoms with Gasteiger partial charge < -0.3 is 0 Å².